The third kappa shape index (κ3) is 11.6. The van der Waals surface area contributed by atoms with Gasteiger partial charge in [0.15, 0.2) is 0 Å². The number of aromatic amines is 1. The van der Waals surface area contributed by atoms with Gasteiger partial charge < -0.3 is 68.4 Å². The van der Waals surface area contributed by atoms with Crippen molar-refractivity contribution in [2.45, 2.75) is 106 Å². The third-order valence-corrected chi connectivity index (χ3v) is 12.6. The summed E-state index contributed by atoms with van der Waals surface area (Å²) in [5.41, 5.74) is 6.61. The maximum Gasteiger partial charge on any atom is 0.243 e. The van der Waals surface area contributed by atoms with Gasteiger partial charge in [0.1, 0.15) is 30.4 Å². The molecule has 0 saturated carbocycles. The van der Waals surface area contributed by atoms with Gasteiger partial charge in [-0.1, -0.05) is 45.4 Å². The number of rotatable bonds is 7. The summed E-state index contributed by atoms with van der Waals surface area (Å²) in [6, 6.07) is -1.68. The van der Waals surface area contributed by atoms with Crippen LogP contribution in [0.3, 0.4) is 0 Å². The number of fused-ring (bicyclic) bond motifs is 5. The first kappa shape index (κ1) is 47.7. The lowest BCUT2D eigenvalue weighted by Gasteiger charge is -2.36. The number of aliphatic hydroxyl groups excluding tert-OH is 4. The zero-order chi connectivity index (χ0) is 45.4. The van der Waals surface area contributed by atoms with Crippen molar-refractivity contribution in [3.05, 3.63) is 29.8 Å². The molecule has 1 aromatic carbocycles. The predicted molar refractivity (Wildman–Crippen MR) is 221 cm³/mol. The average Bonchev–Trinajstić information content (AvgIpc) is 3.81. The van der Waals surface area contributed by atoms with Crippen LogP contribution < -0.4 is 43.0 Å². The molecule has 1 saturated heterocycles. The number of aliphatic hydroxyl groups is 4. The number of hydrogen-bond acceptors (Lipinski definition) is 14. The van der Waals surface area contributed by atoms with Crippen molar-refractivity contribution < 1.29 is 58.8 Å². The number of nitrogens with one attached hydrogen (secondary N) is 8. The highest BCUT2D eigenvalue weighted by Crippen LogP contribution is 2.32. The van der Waals surface area contributed by atoms with E-state index in [1.165, 1.54) is 6.92 Å². The Morgan fingerprint density at radius 2 is 1.53 bits per heavy atom. The van der Waals surface area contributed by atoms with Crippen LogP contribution in [0.15, 0.2) is 29.3 Å². The van der Waals surface area contributed by atoms with Crippen LogP contribution in [0.1, 0.15) is 45.6 Å². The molecule has 1 fully saturated rings. The fourth-order valence-corrected chi connectivity index (χ4v) is 8.81. The molecular formula is C39H56N10O12S. The highest BCUT2D eigenvalue weighted by molar-refractivity contribution is 7.99. The molecule has 3 aliphatic heterocycles. The smallest absolute Gasteiger partial charge is 0.243 e. The molecule has 1 unspecified atom stereocenters. The second-order valence-electron chi connectivity index (χ2n) is 15.9. The van der Waals surface area contributed by atoms with Gasteiger partial charge in [-0.3, -0.25) is 43.3 Å². The first-order valence-corrected chi connectivity index (χ1v) is 21.4. The zero-order valence-electron chi connectivity index (χ0n) is 34.5. The summed E-state index contributed by atoms with van der Waals surface area (Å²) >= 11 is 1.05. The number of nitrogens with zero attached hydrogens (tertiary/aromatic N) is 1. The number of para-hydroxylation sites is 1. The second-order valence-corrected chi connectivity index (χ2v) is 17.0. The Kier molecular flexibility index (Phi) is 16.3. The number of H-pyrrole nitrogens is 1. The number of amides is 8. The maximum atomic E-state index is 14.4. The average molecular weight is 889 g/mol. The topological polar surface area (TPSA) is 347 Å². The summed E-state index contributed by atoms with van der Waals surface area (Å²) in [6.45, 7) is 2.40. The molecular weight excluding hydrogens is 833 g/mol. The maximum absolute atomic E-state index is 14.4. The summed E-state index contributed by atoms with van der Waals surface area (Å²) in [5, 5.41) is 62.0. The van der Waals surface area contributed by atoms with Gasteiger partial charge in [-0.15, -0.1) is 11.8 Å². The fourth-order valence-electron chi connectivity index (χ4n) is 7.69. The lowest BCUT2D eigenvalue weighted by molar-refractivity contribution is -0.139. The van der Waals surface area contributed by atoms with Crippen LogP contribution in [-0.2, 0) is 44.8 Å². The quantitative estimate of drug-likeness (QED) is 0.124. The second kappa shape index (κ2) is 21.2. The largest absolute Gasteiger partial charge is 0.394 e. The van der Waals surface area contributed by atoms with Gasteiger partial charge in [-0.2, -0.15) is 0 Å². The van der Waals surface area contributed by atoms with Gasteiger partial charge in [0.25, 0.3) is 0 Å². The number of thioether (sulfide) groups is 1. The number of aromatic nitrogens is 1. The summed E-state index contributed by atoms with van der Waals surface area (Å²) in [7, 11) is 0. The van der Waals surface area contributed by atoms with E-state index in [1.54, 1.807) is 38.1 Å². The van der Waals surface area contributed by atoms with Crippen LogP contribution in [-0.4, -0.2) is 164 Å². The number of primary amides is 1. The molecule has 4 heterocycles. The molecule has 0 spiro atoms. The van der Waals surface area contributed by atoms with E-state index in [-0.39, 0.29) is 25.1 Å². The van der Waals surface area contributed by atoms with Gasteiger partial charge in [-0.05, 0) is 24.0 Å². The van der Waals surface area contributed by atoms with E-state index in [9.17, 15) is 58.8 Å². The molecule has 5 rings (SSSR count). The van der Waals surface area contributed by atoms with Crippen LogP contribution in [0.4, 0.5) is 0 Å². The molecule has 14 N–H and O–H groups in total. The SMILES string of the molecule is CC[C@H](C)[C@@H]1NC(=O)CNC(=O)[C@@H]2Cc3c([nH]c4ccccc34)SC[C@H](NC(=O)CNC1=O)C(=O)N[C@@H](CC(N)=O)C(O)N1C[C@H](O)C[C@H]1C(=O)N[C@@H]([C@@H](C)[C@@H](O)CO)C(=O)N2. The Labute approximate surface area is 360 Å². The minimum atomic E-state index is -1.86. The van der Waals surface area contributed by atoms with Crippen LogP contribution in [0.5, 0.6) is 0 Å². The number of nitrogens with two attached hydrogens (primary N) is 1. The summed E-state index contributed by atoms with van der Waals surface area (Å²) < 4.78 is 0. The third-order valence-electron chi connectivity index (χ3n) is 11.5. The van der Waals surface area contributed by atoms with Crippen molar-refractivity contribution in [2.24, 2.45) is 17.6 Å². The van der Waals surface area contributed by atoms with Gasteiger partial charge in [0.05, 0.1) is 55.4 Å². The Hall–Kier alpha value is -5.33. The number of carbonyl (C=O) groups is 8. The molecule has 11 atom stereocenters. The monoisotopic (exact) mass is 888 g/mol. The van der Waals surface area contributed by atoms with Crippen molar-refractivity contribution in [2.75, 3.05) is 32.0 Å². The molecule has 1 aromatic heterocycles. The van der Waals surface area contributed by atoms with E-state index in [4.69, 9.17) is 5.73 Å². The molecule has 0 aliphatic carbocycles. The van der Waals surface area contributed by atoms with Crippen molar-refractivity contribution in [1.82, 2.24) is 47.1 Å². The van der Waals surface area contributed by atoms with E-state index < -0.39 is 140 Å². The Morgan fingerprint density at radius 3 is 2.21 bits per heavy atom. The van der Waals surface area contributed by atoms with Gasteiger partial charge in [-0.25, -0.2) is 0 Å². The van der Waals surface area contributed by atoms with E-state index in [1.807, 2.05) is 0 Å². The van der Waals surface area contributed by atoms with Gasteiger partial charge >= 0.3 is 0 Å². The van der Waals surface area contributed by atoms with Crippen molar-refractivity contribution in [3.8, 4) is 0 Å². The van der Waals surface area contributed by atoms with Crippen LogP contribution >= 0.6 is 11.8 Å². The highest BCUT2D eigenvalue weighted by Gasteiger charge is 2.45. The molecule has 0 radical (unpaired) electrons. The molecule has 2 aromatic rings. The Balaban J connectivity index is 1.68. The summed E-state index contributed by atoms with van der Waals surface area (Å²) in [4.78, 5) is 114. The van der Waals surface area contributed by atoms with E-state index in [0.29, 0.717) is 27.9 Å². The first-order chi connectivity index (χ1) is 29.4. The summed E-state index contributed by atoms with van der Waals surface area (Å²) in [6.07, 6.45) is -5.43. The molecule has 3 aliphatic rings. The van der Waals surface area contributed by atoms with Crippen LogP contribution in [0, 0.1) is 11.8 Å². The van der Waals surface area contributed by atoms with Crippen molar-refractivity contribution >= 4 is 69.9 Å². The minimum Gasteiger partial charge on any atom is -0.394 e. The molecule has 2 bridgehead atoms. The van der Waals surface area contributed by atoms with E-state index in [0.717, 1.165) is 16.7 Å². The molecule has 340 valence electrons. The number of hydrogen-bond donors (Lipinski definition) is 13. The molecule has 23 heteroatoms. The zero-order valence-corrected chi connectivity index (χ0v) is 35.3. The predicted octanol–water partition coefficient (Wildman–Crippen LogP) is -4.85. The van der Waals surface area contributed by atoms with E-state index in [2.05, 4.69) is 42.2 Å². The molecule has 22 nitrogen and oxygen atoms in total. The van der Waals surface area contributed by atoms with E-state index >= 15 is 0 Å². The number of carbonyl (C=O) groups excluding carboxylic acids is 8. The first-order valence-electron chi connectivity index (χ1n) is 20.4. The lowest BCUT2D eigenvalue weighted by Crippen LogP contribution is -2.63. The van der Waals surface area contributed by atoms with Crippen molar-refractivity contribution in [1.29, 1.82) is 0 Å². The fraction of sp³-hybridized carbons (Fsp3) is 0.590. The summed E-state index contributed by atoms with van der Waals surface area (Å²) in [5.74, 6) is -8.83. The van der Waals surface area contributed by atoms with Crippen LogP contribution in [0.25, 0.3) is 10.9 Å². The standard InChI is InChI=1S/C39H56N10O12S/c1-4-17(2)31-36(59)42-12-29(54)43-25-16-62-38-21(20-7-5-6-8-22(20)46-38)10-23(33(56)41-13-30(55)47-31)44-37(60)32(18(3)27(52)15-50)48-35(58)26-9-19(51)14-49(26)39(61)24(11-28(40)53)45-34(25)57/h5-8,17-19,23-27,31-32,39,46,50-52,61H,4,9-16H2,1-3H3,(H2,40,53)(H,41,56)(H,42,59)(H,43,54)(H,44,60)(H,45,57)(H,47,55)(H,48,58)/t17-,18-,19+,23-,24-,25-,26-,27-,31-,32-,39?/m0/s1. The van der Waals surface area contributed by atoms with Gasteiger partial charge in [0, 0.05) is 35.5 Å². The lowest BCUT2D eigenvalue weighted by atomic mass is 9.93. The normalized spacial score (nSPS) is 29.3. The highest BCUT2D eigenvalue weighted by atomic mass is 32.2. The van der Waals surface area contributed by atoms with Gasteiger partial charge in [0.2, 0.25) is 47.3 Å². The molecule has 8 amide bonds. The van der Waals surface area contributed by atoms with Crippen molar-refractivity contribution in [3.63, 3.8) is 0 Å². The number of benzene rings is 1. The Bertz CT molecular complexity index is 2020. The Morgan fingerprint density at radius 1 is 0.855 bits per heavy atom. The molecule has 62 heavy (non-hydrogen) atoms. The van der Waals surface area contributed by atoms with Crippen LogP contribution in [0.2, 0.25) is 0 Å². The minimum absolute atomic E-state index is 0.217.